The predicted octanol–water partition coefficient (Wildman–Crippen LogP) is 3.37. The van der Waals surface area contributed by atoms with E-state index >= 15 is 0 Å². The van der Waals surface area contributed by atoms with Crippen molar-refractivity contribution < 1.29 is 22.1 Å². The van der Waals surface area contributed by atoms with Crippen LogP contribution in [0.2, 0.25) is 0 Å². The fraction of sp³-hybridized carbons (Fsp3) is 0.318. The molecule has 2 aromatic carbocycles. The lowest BCUT2D eigenvalue weighted by Gasteiger charge is -2.19. The van der Waals surface area contributed by atoms with E-state index in [0.717, 1.165) is 31.2 Å². The van der Waals surface area contributed by atoms with Crippen LogP contribution in [0.25, 0.3) is 11.4 Å². The highest BCUT2D eigenvalue weighted by atomic mass is 32.2. The minimum Gasteiger partial charge on any atom is -0.344 e. The van der Waals surface area contributed by atoms with E-state index in [1.54, 1.807) is 24.3 Å². The van der Waals surface area contributed by atoms with Gasteiger partial charge in [-0.05, 0) is 54.8 Å². The first-order chi connectivity index (χ1) is 15.4. The van der Waals surface area contributed by atoms with Gasteiger partial charge in [-0.3, -0.25) is 4.79 Å². The van der Waals surface area contributed by atoms with Crippen molar-refractivity contribution >= 4 is 15.9 Å². The summed E-state index contributed by atoms with van der Waals surface area (Å²) in [7, 11) is -3.55. The number of amides is 1. The van der Waals surface area contributed by atoms with Gasteiger partial charge in [0.05, 0.1) is 4.90 Å². The van der Waals surface area contributed by atoms with E-state index in [4.69, 9.17) is 4.52 Å². The summed E-state index contributed by atoms with van der Waals surface area (Å²) in [5, 5.41) is 6.44. The predicted molar refractivity (Wildman–Crippen MR) is 115 cm³/mol. The highest BCUT2D eigenvalue weighted by molar-refractivity contribution is 7.89. The standard InChI is InChI=1S/C22H23FN4O4S/c23-18-9-5-16(6-10-18)15-24-21(28)22-25-20(26-31-22)17-7-11-19(12-8-17)32(29,30)27-13-3-1-2-4-14-27/h5-12H,1-4,13-15H2,(H,24,28). The van der Waals surface area contributed by atoms with Gasteiger partial charge in [-0.2, -0.15) is 9.29 Å². The van der Waals surface area contributed by atoms with Crippen molar-refractivity contribution in [3.05, 3.63) is 65.8 Å². The molecule has 0 radical (unpaired) electrons. The Balaban J connectivity index is 1.42. The average Bonchev–Trinajstić information content (AvgIpc) is 3.13. The Morgan fingerprint density at radius 2 is 1.66 bits per heavy atom. The van der Waals surface area contributed by atoms with Gasteiger partial charge in [-0.15, -0.1) is 0 Å². The molecule has 0 aliphatic carbocycles. The second-order valence-electron chi connectivity index (χ2n) is 7.57. The number of halogens is 1. The van der Waals surface area contributed by atoms with Crippen LogP contribution in [0.4, 0.5) is 4.39 Å². The van der Waals surface area contributed by atoms with Gasteiger partial charge in [-0.1, -0.05) is 30.1 Å². The van der Waals surface area contributed by atoms with Gasteiger partial charge in [0.2, 0.25) is 15.8 Å². The molecule has 1 saturated heterocycles. The zero-order valence-corrected chi connectivity index (χ0v) is 18.1. The fourth-order valence-electron chi connectivity index (χ4n) is 3.50. The molecule has 1 fully saturated rings. The van der Waals surface area contributed by atoms with Crippen LogP contribution in [0.5, 0.6) is 0 Å². The number of hydrogen-bond donors (Lipinski definition) is 1. The number of carbonyl (C=O) groups excluding carboxylic acids is 1. The molecule has 2 heterocycles. The van der Waals surface area contributed by atoms with Crippen LogP contribution in [0, 0.1) is 5.82 Å². The zero-order valence-electron chi connectivity index (χ0n) is 17.3. The number of carbonyl (C=O) groups is 1. The Morgan fingerprint density at radius 1 is 1.00 bits per heavy atom. The third kappa shape index (κ3) is 5.03. The first-order valence-electron chi connectivity index (χ1n) is 10.4. The monoisotopic (exact) mass is 458 g/mol. The van der Waals surface area contributed by atoms with Crippen molar-refractivity contribution in [3.63, 3.8) is 0 Å². The summed E-state index contributed by atoms with van der Waals surface area (Å²) >= 11 is 0. The summed E-state index contributed by atoms with van der Waals surface area (Å²) in [5.41, 5.74) is 1.25. The molecule has 1 amide bonds. The number of nitrogens with zero attached hydrogens (tertiary/aromatic N) is 3. The van der Waals surface area contributed by atoms with Gasteiger partial charge in [-0.25, -0.2) is 12.8 Å². The van der Waals surface area contributed by atoms with Gasteiger partial charge in [0.15, 0.2) is 0 Å². The normalized spacial score (nSPS) is 15.3. The lowest BCUT2D eigenvalue weighted by Crippen LogP contribution is -2.31. The van der Waals surface area contributed by atoms with E-state index in [1.807, 2.05) is 0 Å². The van der Waals surface area contributed by atoms with Crippen LogP contribution in [0.1, 0.15) is 41.9 Å². The first-order valence-corrected chi connectivity index (χ1v) is 11.8. The number of hydrogen-bond acceptors (Lipinski definition) is 6. The third-order valence-corrected chi connectivity index (χ3v) is 7.21. The maximum absolute atomic E-state index is 13.0. The molecule has 32 heavy (non-hydrogen) atoms. The summed E-state index contributed by atoms with van der Waals surface area (Å²) in [5.74, 6) is -0.959. The number of benzene rings is 2. The molecule has 1 N–H and O–H groups in total. The molecule has 168 valence electrons. The number of nitrogens with one attached hydrogen (secondary N) is 1. The molecule has 4 rings (SSSR count). The third-order valence-electron chi connectivity index (χ3n) is 5.30. The molecule has 0 atom stereocenters. The minimum absolute atomic E-state index is 0.177. The smallest absolute Gasteiger partial charge is 0.316 e. The van der Waals surface area contributed by atoms with E-state index in [-0.39, 0.29) is 29.0 Å². The Labute approximate surface area is 185 Å². The Morgan fingerprint density at radius 3 is 2.31 bits per heavy atom. The number of rotatable bonds is 6. The summed E-state index contributed by atoms with van der Waals surface area (Å²) in [6.07, 6.45) is 3.82. The highest BCUT2D eigenvalue weighted by Crippen LogP contribution is 2.23. The summed E-state index contributed by atoms with van der Waals surface area (Å²) in [6, 6.07) is 12.0. The lowest BCUT2D eigenvalue weighted by molar-refractivity contribution is 0.0907. The number of aromatic nitrogens is 2. The second-order valence-corrected chi connectivity index (χ2v) is 9.51. The van der Waals surface area contributed by atoms with Gasteiger partial charge in [0, 0.05) is 25.2 Å². The van der Waals surface area contributed by atoms with E-state index in [9.17, 15) is 17.6 Å². The summed E-state index contributed by atoms with van der Waals surface area (Å²) in [6.45, 7) is 1.25. The maximum Gasteiger partial charge on any atom is 0.316 e. The van der Waals surface area contributed by atoms with Crippen molar-refractivity contribution in [1.82, 2.24) is 19.8 Å². The van der Waals surface area contributed by atoms with E-state index in [1.165, 1.54) is 28.6 Å². The highest BCUT2D eigenvalue weighted by Gasteiger charge is 2.25. The molecular weight excluding hydrogens is 435 g/mol. The van der Waals surface area contributed by atoms with Crippen LogP contribution >= 0.6 is 0 Å². The first kappa shape index (κ1) is 22.1. The van der Waals surface area contributed by atoms with Crippen LogP contribution in [-0.2, 0) is 16.6 Å². The molecule has 3 aromatic rings. The Kier molecular flexibility index (Phi) is 6.61. The SMILES string of the molecule is O=C(NCc1ccc(F)cc1)c1nc(-c2ccc(S(=O)(=O)N3CCCCCC3)cc2)no1. The topological polar surface area (TPSA) is 105 Å². The maximum atomic E-state index is 13.0. The Bertz CT molecular complexity index is 1170. The van der Waals surface area contributed by atoms with Crippen LogP contribution < -0.4 is 5.32 Å². The molecular formula is C22H23FN4O4S. The van der Waals surface area contributed by atoms with Crippen molar-refractivity contribution in [1.29, 1.82) is 0 Å². The lowest BCUT2D eigenvalue weighted by atomic mass is 10.2. The molecule has 0 saturated carbocycles. The van der Waals surface area contributed by atoms with Crippen LogP contribution in [0.15, 0.2) is 57.9 Å². The molecule has 0 bridgehead atoms. The van der Waals surface area contributed by atoms with Crippen molar-refractivity contribution in [2.75, 3.05) is 13.1 Å². The molecule has 1 aromatic heterocycles. The van der Waals surface area contributed by atoms with Crippen molar-refractivity contribution in [3.8, 4) is 11.4 Å². The molecule has 1 aliphatic rings. The average molecular weight is 459 g/mol. The largest absolute Gasteiger partial charge is 0.344 e. The van der Waals surface area contributed by atoms with E-state index < -0.39 is 15.9 Å². The molecule has 10 heteroatoms. The van der Waals surface area contributed by atoms with Crippen molar-refractivity contribution in [2.24, 2.45) is 0 Å². The van der Waals surface area contributed by atoms with E-state index in [0.29, 0.717) is 18.7 Å². The van der Waals surface area contributed by atoms with Gasteiger partial charge in [0.1, 0.15) is 5.82 Å². The molecule has 1 aliphatic heterocycles. The van der Waals surface area contributed by atoms with Crippen LogP contribution in [0.3, 0.4) is 0 Å². The van der Waals surface area contributed by atoms with Gasteiger partial charge in [0.25, 0.3) is 0 Å². The summed E-state index contributed by atoms with van der Waals surface area (Å²) < 4.78 is 45.3. The fourth-order valence-corrected chi connectivity index (χ4v) is 5.02. The molecule has 0 spiro atoms. The molecule has 0 unspecified atom stereocenters. The van der Waals surface area contributed by atoms with Gasteiger partial charge >= 0.3 is 11.8 Å². The summed E-state index contributed by atoms with van der Waals surface area (Å²) in [4.78, 5) is 16.6. The second kappa shape index (κ2) is 9.58. The van der Waals surface area contributed by atoms with E-state index in [2.05, 4.69) is 15.5 Å². The Hall–Kier alpha value is -3.11. The quantitative estimate of drug-likeness (QED) is 0.607. The molecule has 8 nitrogen and oxygen atoms in total. The zero-order chi connectivity index (χ0) is 22.6. The van der Waals surface area contributed by atoms with Crippen LogP contribution in [-0.4, -0.2) is 41.9 Å². The number of sulfonamides is 1. The van der Waals surface area contributed by atoms with Crippen molar-refractivity contribution in [2.45, 2.75) is 37.1 Å². The minimum atomic E-state index is -3.55. The van der Waals surface area contributed by atoms with Gasteiger partial charge < -0.3 is 9.84 Å².